The van der Waals surface area contributed by atoms with E-state index in [1.807, 2.05) is 24.3 Å². The molecule has 0 heterocycles. The van der Waals surface area contributed by atoms with Crippen molar-refractivity contribution >= 4 is 11.9 Å². The highest BCUT2D eigenvalue weighted by molar-refractivity contribution is 5.93. The van der Waals surface area contributed by atoms with Crippen molar-refractivity contribution in [1.82, 2.24) is 10.2 Å². The predicted octanol–water partition coefficient (Wildman–Crippen LogP) is 2.05. The van der Waals surface area contributed by atoms with E-state index >= 15 is 0 Å². The normalized spacial score (nSPS) is 11.9. The zero-order chi connectivity index (χ0) is 16.7. The van der Waals surface area contributed by atoms with Gasteiger partial charge in [0, 0.05) is 20.0 Å². The van der Waals surface area contributed by atoms with Crippen molar-refractivity contribution in [2.75, 3.05) is 13.1 Å². The summed E-state index contributed by atoms with van der Waals surface area (Å²) >= 11 is 0. The van der Waals surface area contributed by atoms with E-state index in [2.05, 4.69) is 19.2 Å². The van der Waals surface area contributed by atoms with Crippen molar-refractivity contribution in [3.63, 3.8) is 0 Å². The van der Waals surface area contributed by atoms with E-state index in [-0.39, 0.29) is 19.0 Å². The van der Waals surface area contributed by atoms with Crippen LogP contribution in [0.25, 0.3) is 0 Å². The van der Waals surface area contributed by atoms with E-state index in [4.69, 9.17) is 10.5 Å². The van der Waals surface area contributed by atoms with Gasteiger partial charge in [-0.2, -0.15) is 0 Å². The maximum absolute atomic E-state index is 12.0. The van der Waals surface area contributed by atoms with Gasteiger partial charge in [0.25, 0.3) is 0 Å². The van der Waals surface area contributed by atoms with Crippen molar-refractivity contribution in [2.24, 2.45) is 5.73 Å². The lowest BCUT2D eigenvalue weighted by molar-refractivity contribution is -0.126. The van der Waals surface area contributed by atoms with Crippen molar-refractivity contribution in [1.29, 1.82) is 0 Å². The largest absolute Gasteiger partial charge is 0.471 e. The van der Waals surface area contributed by atoms with Crippen molar-refractivity contribution in [3.8, 4) is 5.75 Å². The third-order valence-corrected chi connectivity index (χ3v) is 3.16. The number of amides is 3. The smallest absolute Gasteiger partial charge is 0.326 e. The molecule has 3 N–H and O–H groups in total. The van der Waals surface area contributed by atoms with Gasteiger partial charge in [-0.25, -0.2) is 4.79 Å². The second-order valence-corrected chi connectivity index (χ2v) is 5.39. The molecule has 0 aliphatic carbocycles. The fourth-order valence-electron chi connectivity index (χ4n) is 1.95. The first kappa shape index (κ1) is 18.0. The summed E-state index contributed by atoms with van der Waals surface area (Å²) in [5, 5.41) is 2.62. The first-order valence-corrected chi connectivity index (χ1v) is 7.40. The molecule has 0 aliphatic rings. The number of carbonyl (C=O) groups excluding carboxylic acids is 2. The summed E-state index contributed by atoms with van der Waals surface area (Å²) in [5.74, 6) is 0.758. The number of hydrogen-bond acceptors (Lipinski definition) is 4. The Hall–Kier alpha value is -2.08. The van der Waals surface area contributed by atoms with E-state index in [1.54, 1.807) is 6.92 Å². The Bertz CT molecular complexity index is 500. The standard InChI is InChI=1S/C16H25N3O3/c1-11(2)14-5-7-15(8-6-14)22-12(3)18-16(21)19(10-9-17)13(4)20/h5-8,11-12H,9-10,17H2,1-4H3,(H,18,21). The molecule has 22 heavy (non-hydrogen) atoms. The number of rotatable bonds is 6. The van der Waals surface area contributed by atoms with E-state index in [1.165, 1.54) is 12.5 Å². The summed E-state index contributed by atoms with van der Waals surface area (Å²) in [7, 11) is 0. The molecule has 0 radical (unpaired) electrons. The zero-order valence-corrected chi connectivity index (χ0v) is 13.6. The summed E-state index contributed by atoms with van der Waals surface area (Å²) < 4.78 is 5.63. The number of urea groups is 1. The van der Waals surface area contributed by atoms with Crippen molar-refractivity contribution in [3.05, 3.63) is 29.8 Å². The topological polar surface area (TPSA) is 84.7 Å². The van der Waals surface area contributed by atoms with Gasteiger partial charge >= 0.3 is 6.03 Å². The van der Waals surface area contributed by atoms with Gasteiger partial charge in [0.05, 0.1) is 0 Å². The molecule has 3 amide bonds. The van der Waals surface area contributed by atoms with Gasteiger partial charge in [-0.05, 0) is 30.5 Å². The summed E-state index contributed by atoms with van der Waals surface area (Å²) in [4.78, 5) is 24.4. The van der Waals surface area contributed by atoms with Crippen LogP contribution in [0.4, 0.5) is 4.79 Å². The van der Waals surface area contributed by atoms with Crippen molar-refractivity contribution < 1.29 is 14.3 Å². The Morgan fingerprint density at radius 2 is 1.82 bits per heavy atom. The molecule has 0 saturated carbocycles. The molecule has 6 nitrogen and oxygen atoms in total. The molecule has 0 aliphatic heterocycles. The molecular formula is C16H25N3O3. The highest BCUT2D eigenvalue weighted by Crippen LogP contribution is 2.19. The SMILES string of the molecule is CC(=O)N(CCN)C(=O)NC(C)Oc1ccc(C(C)C)cc1. The second kappa shape index (κ2) is 8.38. The Kier molecular flexibility index (Phi) is 6.85. The summed E-state index contributed by atoms with van der Waals surface area (Å²) in [6.07, 6.45) is -0.558. The van der Waals surface area contributed by atoms with Gasteiger partial charge < -0.3 is 15.8 Å². The lowest BCUT2D eigenvalue weighted by Gasteiger charge is -2.22. The molecule has 0 fully saturated rings. The van der Waals surface area contributed by atoms with Crippen LogP contribution in [0.5, 0.6) is 5.75 Å². The van der Waals surface area contributed by atoms with Crippen LogP contribution in [0.15, 0.2) is 24.3 Å². The number of nitrogens with zero attached hydrogens (tertiary/aromatic N) is 1. The average molecular weight is 307 g/mol. The minimum Gasteiger partial charge on any atom is -0.471 e. The maximum atomic E-state index is 12.0. The van der Waals surface area contributed by atoms with Gasteiger partial charge in [0.1, 0.15) is 5.75 Å². The van der Waals surface area contributed by atoms with Gasteiger partial charge in [-0.1, -0.05) is 26.0 Å². The van der Waals surface area contributed by atoms with Gasteiger partial charge in [-0.3, -0.25) is 9.69 Å². The Morgan fingerprint density at radius 3 is 2.27 bits per heavy atom. The zero-order valence-electron chi connectivity index (χ0n) is 13.6. The molecular weight excluding hydrogens is 282 g/mol. The number of ether oxygens (including phenoxy) is 1. The molecule has 6 heteroatoms. The van der Waals surface area contributed by atoms with Crippen LogP contribution in [0, 0.1) is 0 Å². The Morgan fingerprint density at radius 1 is 1.23 bits per heavy atom. The average Bonchev–Trinajstić information content (AvgIpc) is 2.44. The molecule has 1 aromatic rings. The molecule has 0 saturated heterocycles. The lowest BCUT2D eigenvalue weighted by atomic mass is 10.0. The summed E-state index contributed by atoms with van der Waals surface area (Å²) in [6.45, 7) is 7.66. The number of nitrogens with two attached hydrogens (primary N) is 1. The third-order valence-electron chi connectivity index (χ3n) is 3.16. The molecule has 1 unspecified atom stereocenters. The van der Waals surface area contributed by atoms with Crippen LogP contribution in [-0.2, 0) is 4.79 Å². The Balaban J connectivity index is 2.59. The second-order valence-electron chi connectivity index (χ2n) is 5.39. The third kappa shape index (κ3) is 5.37. The number of benzene rings is 1. The van der Waals surface area contributed by atoms with Crippen LogP contribution >= 0.6 is 0 Å². The Labute approximate surface area is 131 Å². The highest BCUT2D eigenvalue weighted by atomic mass is 16.5. The molecule has 122 valence electrons. The van der Waals surface area contributed by atoms with Crippen LogP contribution < -0.4 is 15.8 Å². The number of imide groups is 1. The monoisotopic (exact) mass is 307 g/mol. The number of hydrogen-bond donors (Lipinski definition) is 2. The summed E-state index contributed by atoms with van der Waals surface area (Å²) in [5.41, 5.74) is 6.61. The van der Waals surface area contributed by atoms with E-state index < -0.39 is 12.3 Å². The van der Waals surface area contributed by atoms with E-state index in [0.717, 1.165) is 4.90 Å². The van der Waals surface area contributed by atoms with Crippen LogP contribution in [-0.4, -0.2) is 36.2 Å². The van der Waals surface area contributed by atoms with Gasteiger partial charge in [0.2, 0.25) is 5.91 Å². The van der Waals surface area contributed by atoms with E-state index in [0.29, 0.717) is 11.7 Å². The quantitative estimate of drug-likeness (QED) is 0.788. The lowest BCUT2D eigenvalue weighted by Crippen LogP contribution is -2.49. The fraction of sp³-hybridized carbons (Fsp3) is 0.500. The first-order chi connectivity index (χ1) is 10.3. The molecule has 1 aromatic carbocycles. The highest BCUT2D eigenvalue weighted by Gasteiger charge is 2.19. The van der Waals surface area contributed by atoms with Gasteiger partial charge in [0.15, 0.2) is 6.23 Å². The predicted molar refractivity (Wildman–Crippen MR) is 85.6 cm³/mol. The fourth-order valence-corrected chi connectivity index (χ4v) is 1.95. The van der Waals surface area contributed by atoms with Crippen molar-refractivity contribution in [2.45, 2.75) is 39.8 Å². The van der Waals surface area contributed by atoms with E-state index in [9.17, 15) is 9.59 Å². The molecule has 0 bridgehead atoms. The summed E-state index contributed by atoms with van der Waals surface area (Å²) in [6, 6.07) is 7.20. The molecule has 1 atom stereocenters. The maximum Gasteiger partial charge on any atom is 0.326 e. The first-order valence-electron chi connectivity index (χ1n) is 7.40. The van der Waals surface area contributed by atoms with Gasteiger partial charge in [-0.15, -0.1) is 0 Å². The number of nitrogens with one attached hydrogen (secondary N) is 1. The molecule has 0 spiro atoms. The molecule has 1 rings (SSSR count). The van der Waals surface area contributed by atoms with Crippen LogP contribution in [0.3, 0.4) is 0 Å². The molecule has 0 aromatic heterocycles. The minimum absolute atomic E-state index is 0.178. The number of carbonyl (C=O) groups is 2. The van der Waals surface area contributed by atoms with Crippen LogP contribution in [0.2, 0.25) is 0 Å². The minimum atomic E-state index is -0.558. The van der Waals surface area contributed by atoms with Crippen LogP contribution in [0.1, 0.15) is 39.2 Å².